The topological polar surface area (TPSA) is 101 Å². The average molecular weight is 538 g/mol. The van der Waals surface area contributed by atoms with Crippen LogP contribution in [0, 0.1) is 17.7 Å². The van der Waals surface area contributed by atoms with E-state index < -0.39 is 10.0 Å². The summed E-state index contributed by atoms with van der Waals surface area (Å²) in [6.07, 6.45) is 10.6. The molecule has 8 nitrogen and oxygen atoms in total. The Morgan fingerprint density at radius 2 is 1.82 bits per heavy atom. The molecule has 1 aliphatic carbocycles. The summed E-state index contributed by atoms with van der Waals surface area (Å²) in [6.45, 7) is 1.48. The summed E-state index contributed by atoms with van der Waals surface area (Å²) in [5.74, 6) is 1.11. The van der Waals surface area contributed by atoms with Crippen LogP contribution in [-0.4, -0.2) is 58.1 Å². The van der Waals surface area contributed by atoms with E-state index in [1.807, 2.05) is 6.07 Å². The summed E-state index contributed by atoms with van der Waals surface area (Å²) >= 11 is 0. The van der Waals surface area contributed by atoms with E-state index in [1.54, 1.807) is 35.2 Å². The van der Waals surface area contributed by atoms with Gasteiger partial charge in [-0.15, -0.1) is 0 Å². The van der Waals surface area contributed by atoms with Crippen molar-refractivity contribution >= 4 is 32.0 Å². The Hall–Kier alpha value is -3.11. The highest BCUT2D eigenvalue weighted by Crippen LogP contribution is 2.39. The molecule has 1 saturated heterocycles. The normalized spacial score (nSPS) is 23.1. The van der Waals surface area contributed by atoms with Gasteiger partial charge in [0.25, 0.3) is 0 Å². The fourth-order valence-corrected chi connectivity index (χ4v) is 8.06. The zero-order valence-electron chi connectivity index (χ0n) is 21.2. The molecule has 1 saturated carbocycles. The van der Waals surface area contributed by atoms with Crippen molar-refractivity contribution in [3.05, 3.63) is 60.6 Å². The highest BCUT2D eigenvalue weighted by atomic mass is 32.2. The maximum atomic E-state index is 13.4. The Kier molecular flexibility index (Phi) is 7.01. The van der Waals surface area contributed by atoms with Crippen LogP contribution in [0.5, 0.6) is 5.75 Å². The van der Waals surface area contributed by atoms with Gasteiger partial charge in [-0.25, -0.2) is 32.1 Å². The summed E-state index contributed by atoms with van der Waals surface area (Å²) in [4.78, 5) is 16.6. The fourth-order valence-electron chi connectivity index (χ4n) is 6.08. The van der Waals surface area contributed by atoms with Crippen molar-refractivity contribution in [2.75, 3.05) is 25.4 Å². The van der Waals surface area contributed by atoms with Gasteiger partial charge < -0.3 is 9.72 Å². The number of rotatable bonds is 7. The smallest absolute Gasteiger partial charge is 0.214 e. The van der Waals surface area contributed by atoms with Crippen LogP contribution >= 0.6 is 0 Å². The zero-order valence-corrected chi connectivity index (χ0v) is 22.0. The first-order chi connectivity index (χ1) is 18.5. The van der Waals surface area contributed by atoms with E-state index in [4.69, 9.17) is 4.74 Å². The predicted octanol–water partition coefficient (Wildman–Crippen LogP) is 5.04. The molecular formula is C28H32FN5O3S. The summed E-state index contributed by atoms with van der Waals surface area (Å²) in [5.41, 5.74) is 2.73. The molecule has 1 N–H and O–H groups in total. The Balaban J connectivity index is 1.07. The lowest BCUT2D eigenvalue weighted by atomic mass is 9.80. The minimum absolute atomic E-state index is 0.131. The molecule has 0 radical (unpaired) electrons. The van der Waals surface area contributed by atoms with E-state index in [0.29, 0.717) is 31.4 Å². The average Bonchev–Trinajstić information content (AvgIpc) is 3.42. The molecule has 1 aliphatic heterocycles. The molecular weight excluding hydrogens is 505 g/mol. The first kappa shape index (κ1) is 25.2. The van der Waals surface area contributed by atoms with E-state index in [2.05, 4.69) is 19.9 Å². The number of halogens is 1. The SMILES string of the molecule is O=S(=O)(CC1CCC(c2[nH]cnc3cnc4nccc4c23)CC1)N1CCCC(COc2ccc(F)cc2)C1. The number of pyridine rings is 1. The third-order valence-corrected chi connectivity index (χ3v) is 10.1. The van der Waals surface area contributed by atoms with Gasteiger partial charge >= 0.3 is 0 Å². The molecule has 4 aromatic rings. The first-order valence-electron chi connectivity index (χ1n) is 13.4. The van der Waals surface area contributed by atoms with Crippen LogP contribution in [0.25, 0.3) is 21.9 Å². The van der Waals surface area contributed by atoms with Crippen molar-refractivity contribution in [1.29, 1.82) is 0 Å². The summed E-state index contributed by atoms with van der Waals surface area (Å²) < 4.78 is 47.3. The van der Waals surface area contributed by atoms with Crippen LogP contribution in [0.15, 0.2) is 49.1 Å². The van der Waals surface area contributed by atoms with Gasteiger partial charge in [-0.05, 0) is 80.7 Å². The summed E-state index contributed by atoms with van der Waals surface area (Å²) in [5, 5.41) is 2.09. The highest BCUT2D eigenvalue weighted by Gasteiger charge is 2.33. The zero-order chi connectivity index (χ0) is 26.1. The van der Waals surface area contributed by atoms with Crippen molar-refractivity contribution in [3.8, 4) is 5.75 Å². The number of aromatic nitrogens is 4. The molecule has 1 unspecified atom stereocenters. The van der Waals surface area contributed by atoms with Crippen LogP contribution in [0.2, 0.25) is 0 Å². The number of H-pyrrole nitrogens is 1. The van der Waals surface area contributed by atoms with Crippen molar-refractivity contribution in [2.24, 2.45) is 11.8 Å². The lowest BCUT2D eigenvalue weighted by Gasteiger charge is -2.34. The summed E-state index contributed by atoms with van der Waals surface area (Å²) in [6, 6.07) is 7.93. The van der Waals surface area contributed by atoms with Crippen molar-refractivity contribution in [1.82, 2.24) is 24.2 Å². The van der Waals surface area contributed by atoms with E-state index in [9.17, 15) is 12.8 Å². The molecule has 0 spiro atoms. The van der Waals surface area contributed by atoms with Crippen LogP contribution in [0.1, 0.15) is 50.1 Å². The van der Waals surface area contributed by atoms with Gasteiger partial charge in [0, 0.05) is 41.7 Å². The fraction of sp³-hybridized carbons (Fsp3) is 0.464. The molecule has 2 aliphatic rings. The molecule has 6 rings (SSSR count). The lowest BCUT2D eigenvalue weighted by molar-refractivity contribution is 0.179. The predicted molar refractivity (Wildman–Crippen MR) is 144 cm³/mol. The molecule has 38 heavy (non-hydrogen) atoms. The number of hydrogen-bond donors (Lipinski definition) is 1. The van der Waals surface area contributed by atoms with Gasteiger partial charge in [-0.1, -0.05) is 0 Å². The minimum Gasteiger partial charge on any atom is -0.493 e. The largest absolute Gasteiger partial charge is 0.493 e. The molecule has 0 bridgehead atoms. The van der Waals surface area contributed by atoms with E-state index in [0.717, 1.165) is 66.2 Å². The number of nitrogens with one attached hydrogen (secondary N) is 1. The van der Waals surface area contributed by atoms with E-state index >= 15 is 0 Å². The number of benzene rings is 1. The molecule has 1 atom stereocenters. The molecule has 0 amide bonds. The van der Waals surface area contributed by atoms with Gasteiger partial charge in [0.15, 0.2) is 5.65 Å². The van der Waals surface area contributed by atoms with Crippen LogP contribution in [-0.2, 0) is 10.0 Å². The molecule has 2 fully saturated rings. The van der Waals surface area contributed by atoms with E-state index in [-0.39, 0.29) is 23.4 Å². The second-order valence-corrected chi connectivity index (χ2v) is 12.7. The molecule has 4 heterocycles. The van der Waals surface area contributed by atoms with Gasteiger partial charge in [-0.2, -0.15) is 0 Å². The molecule has 200 valence electrons. The number of aromatic amines is 1. The summed E-state index contributed by atoms with van der Waals surface area (Å²) in [7, 11) is -3.35. The Bertz CT molecular complexity index is 1520. The third-order valence-electron chi connectivity index (χ3n) is 8.08. The Morgan fingerprint density at radius 1 is 1.00 bits per heavy atom. The maximum Gasteiger partial charge on any atom is 0.214 e. The van der Waals surface area contributed by atoms with Gasteiger partial charge in [0.1, 0.15) is 11.6 Å². The van der Waals surface area contributed by atoms with Gasteiger partial charge in [-0.3, -0.25) is 0 Å². The van der Waals surface area contributed by atoms with Crippen molar-refractivity contribution in [2.45, 2.75) is 44.4 Å². The minimum atomic E-state index is -3.35. The molecule has 10 heteroatoms. The quantitative estimate of drug-likeness (QED) is 0.355. The van der Waals surface area contributed by atoms with Crippen molar-refractivity contribution < 1.29 is 17.5 Å². The second kappa shape index (κ2) is 10.6. The van der Waals surface area contributed by atoms with E-state index in [1.165, 1.54) is 12.1 Å². The Morgan fingerprint density at radius 3 is 2.63 bits per heavy atom. The second-order valence-electron chi connectivity index (χ2n) is 10.6. The monoisotopic (exact) mass is 537 g/mol. The third kappa shape index (κ3) is 5.24. The Labute approximate surface area is 221 Å². The van der Waals surface area contributed by atoms with Gasteiger partial charge in [0.05, 0.1) is 30.4 Å². The molecule has 3 aromatic heterocycles. The van der Waals surface area contributed by atoms with Crippen LogP contribution in [0.4, 0.5) is 4.39 Å². The number of hydrogen-bond acceptors (Lipinski definition) is 6. The van der Waals surface area contributed by atoms with Crippen molar-refractivity contribution in [3.63, 3.8) is 0 Å². The van der Waals surface area contributed by atoms with Crippen LogP contribution < -0.4 is 4.74 Å². The van der Waals surface area contributed by atoms with Gasteiger partial charge in [0.2, 0.25) is 10.0 Å². The lowest BCUT2D eigenvalue weighted by Crippen LogP contribution is -2.43. The standard InChI is InChI=1S/C28H32FN5O3S/c29-22-7-9-23(10-8-22)37-16-20-2-1-13-34(15-20)38(35,36)17-19-3-5-21(6-4-19)27-26-24-11-12-30-28(24)31-14-25(26)32-18-33-27/h7-12,14,18-21H,1-6,13,15-17H2,(H,32,33). The number of nitrogens with zero attached hydrogens (tertiary/aromatic N) is 4. The number of sulfonamides is 1. The van der Waals surface area contributed by atoms with Crippen LogP contribution in [0.3, 0.4) is 0 Å². The highest BCUT2D eigenvalue weighted by molar-refractivity contribution is 7.89. The maximum absolute atomic E-state index is 13.4. The first-order valence-corrected chi connectivity index (χ1v) is 15.0. The number of fused-ring (bicyclic) bond motifs is 3. The molecule has 1 aromatic carbocycles. The number of ether oxygens (including phenoxy) is 1. The number of piperidine rings is 1.